The van der Waals surface area contributed by atoms with Crippen LogP contribution in [-0.2, 0) is 13.9 Å². The van der Waals surface area contributed by atoms with Crippen LogP contribution >= 0.6 is 0 Å². The Hall–Kier alpha value is -0.0701. The maximum atomic E-state index is 8.27. The summed E-state index contributed by atoms with van der Waals surface area (Å²) in [5.41, 5.74) is 0. The molecule has 0 spiro atoms. The normalized spacial score (nSPS) is 25.5. The zero-order valence-electron chi connectivity index (χ0n) is 5.56. The van der Waals surface area contributed by atoms with E-state index < -0.39 is 14.6 Å². The molecule has 0 radical (unpaired) electrons. The van der Waals surface area contributed by atoms with Crippen molar-refractivity contribution in [1.29, 1.82) is 0 Å². The van der Waals surface area contributed by atoms with Crippen LogP contribution in [0.2, 0.25) is 0 Å². The summed E-state index contributed by atoms with van der Waals surface area (Å²) in [6.07, 6.45) is -0.0521. The molecule has 0 aromatic rings. The topological polar surface area (TPSA) is 68.2 Å². The summed E-state index contributed by atoms with van der Waals surface area (Å²) < 4.78 is 14.1. The average Bonchev–Trinajstić information content (AvgIpc) is 2.13. The van der Waals surface area contributed by atoms with E-state index >= 15 is 0 Å². The van der Waals surface area contributed by atoms with Crippen LogP contribution < -0.4 is 0 Å². The van der Waals surface area contributed by atoms with E-state index in [9.17, 15) is 0 Å². The molecular weight excluding hydrogens is 138 g/mol. The predicted molar refractivity (Wildman–Crippen MR) is 33.5 cm³/mol. The van der Waals surface area contributed by atoms with Crippen LogP contribution in [0, 0.1) is 0 Å². The van der Waals surface area contributed by atoms with Crippen molar-refractivity contribution in [3.63, 3.8) is 0 Å². The summed E-state index contributed by atoms with van der Waals surface area (Å²) in [7, 11) is -2.77. The predicted octanol–water partition coefficient (Wildman–Crippen LogP) is -1.61. The van der Waals surface area contributed by atoms with Crippen LogP contribution in [0.5, 0.6) is 0 Å². The lowest BCUT2D eigenvalue weighted by Gasteiger charge is -2.03. The summed E-state index contributed by atoms with van der Waals surface area (Å²) in [6.45, 7) is 2.21. The van der Waals surface area contributed by atoms with Gasteiger partial charge < -0.3 is 23.9 Å². The first kappa shape index (κ1) is 8.03. The third-order valence-corrected chi connectivity index (χ3v) is 1.04. The molecule has 0 aliphatic carbocycles. The lowest BCUT2D eigenvalue weighted by molar-refractivity contribution is 0.191. The Balaban J connectivity index is 2.18. The zero-order valence-corrected chi connectivity index (χ0v) is 5.56. The van der Waals surface area contributed by atoms with Gasteiger partial charge in [0.05, 0.1) is 12.7 Å². The van der Waals surface area contributed by atoms with Gasteiger partial charge >= 0.3 is 14.6 Å². The van der Waals surface area contributed by atoms with E-state index in [1.165, 1.54) is 0 Å². The zero-order chi connectivity index (χ0) is 7.56. The van der Waals surface area contributed by atoms with Gasteiger partial charge in [-0.05, 0) is 6.92 Å². The molecule has 1 saturated heterocycles. The summed E-state index contributed by atoms with van der Waals surface area (Å²) in [4.78, 5) is 0. The van der Waals surface area contributed by atoms with Gasteiger partial charge in [0.1, 0.15) is 0 Å². The van der Waals surface area contributed by atoms with Gasteiger partial charge in [-0.25, -0.2) is 0 Å². The minimum absolute atomic E-state index is 0.0521. The van der Waals surface area contributed by atoms with E-state index in [0.29, 0.717) is 6.61 Å². The van der Waals surface area contributed by atoms with Crippen molar-refractivity contribution in [2.75, 3.05) is 6.61 Å². The molecule has 1 atom stereocenters. The van der Waals surface area contributed by atoms with Crippen molar-refractivity contribution in [3.05, 3.63) is 0 Å². The summed E-state index contributed by atoms with van der Waals surface area (Å²) in [5, 5.41) is 16.5. The van der Waals surface area contributed by atoms with E-state index in [4.69, 9.17) is 19.4 Å². The Labute approximate surface area is 59.2 Å². The Morgan fingerprint density at radius 3 is 2.80 bits per heavy atom. The second kappa shape index (κ2) is 3.36. The second-order valence-electron chi connectivity index (χ2n) is 2.03. The van der Waals surface area contributed by atoms with Gasteiger partial charge in [0.2, 0.25) is 0 Å². The highest BCUT2D eigenvalue weighted by Crippen LogP contribution is 2.07. The molecule has 2 N–H and O–H groups in total. The van der Waals surface area contributed by atoms with Gasteiger partial charge in [-0.15, -0.1) is 0 Å². The van der Waals surface area contributed by atoms with Gasteiger partial charge in [0.15, 0.2) is 0 Å². The number of rotatable bonds is 2. The van der Waals surface area contributed by atoms with E-state index in [-0.39, 0.29) is 6.10 Å². The molecule has 1 aliphatic rings. The van der Waals surface area contributed by atoms with Crippen molar-refractivity contribution in [1.82, 2.24) is 0 Å². The first-order valence-corrected chi connectivity index (χ1v) is 2.97. The van der Waals surface area contributed by atoms with Gasteiger partial charge in [0, 0.05) is 0 Å². The van der Waals surface area contributed by atoms with Crippen LogP contribution in [0.3, 0.4) is 0 Å². The monoisotopic (exact) mass is 146 g/mol. The minimum atomic E-state index is -1.84. The molecule has 0 aromatic carbocycles. The van der Waals surface area contributed by atoms with Crippen LogP contribution in [0.25, 0.3) is 0 Å². The van der Waals surface area contributed by atoms with Crippen LogP contribution in [0.15, 0.2) is 0 Å². The molecule has 1 heterocycles. The molecule has 1 unspecified atom stereocenters. The standard InChI is InChI=1S/C3H8B2O5/c1-3-2-8-5(9-3)10-4(6)7/h3,6-7H,2H2,1H3. The maximum Gasteiger partial charge on any atom is 0.627 e. The van der Waals surface area contributed by atoms with Crippen LogP contribution in [0.1, 0.15) is 6.92 Å². The molecule has 1 fully saturated rings. The Bertz CT molecular complexity index is 109. The highest BCUT2D eigenvalue weighted by molar-refractivity contribution is 6.50. The second-order valence-corrected chi connectivity index (χ2v) is 2.03. The van der Waals surface area contributed by atoms with E-state index in [0.717, 1.165) is 0 Å². The van der Waals surface area contributed by atoms with E-state index in [1.807, 2.05) is 0 Å². The average molecular weight is 146 g/mol. The minimum Gasteiger partial charge on any atom is -0.402 e. The summed E-state index contributed by atoms with van der Waals surface area (Å²) in [5.74, 6) is 0. The van der Waals surface area contributed by atoms with Crippen molar-refractivity contribution >= 4 is 14.6 Å². The first-order valence-electron chi connectivity index (χ1n) is 2.97. The van der Waals surface area contributed by atoms with Crippen molar-refractivity contribution in [2.45, 2.75) is 13.0 Å². The fraction of sp³-hybridized carbons (Fsp3) is 1.00. The number of hydrogen-bond acceptors (Lipinski definition) is 5. The van der Waals surface area contributed by atoms with Crippen molar-refractivity contribution in [2.24, 2.45) is 0 Å². The van der Waals surface area contributed by atoms with Gasteiger partial charge in [0.25, 0.3) is 0 Å². The summed E-state index contributed by atoms with van der Waals surface area (Å²) in [6, 6.07) is 0. The van der Waals surface area contributed by atoms with E-state index in [2.05, 4.69) is 4.57 Å². The Kier molecular flexibility index (Phi) is 2.70. The third-order valence-electron chi connectivity index (χ3n) is 1.04. The van der Waals surface area contributed by atoms with Gasteiger partial charge in [-0.1, -0.05) is 0 Å². The molecule has 0 aromatic heterocycles. The van der Waals surface area contributed by atoms with E-state index in [1.54, 1.807) is 6.92 Å². The molecule has 5 nitrogen and oxygen atoms in total. The fourth-order valence-electron chi connectivity index (χ4n) is 0.653. The quantitative estimate of drug-likeness (QED) is 0.458. The highest BCUT2D eigenvalue weighted by Gasteiger charge is 2.34. The number of hydrogen-bond donors (Lipinski definition) is 2. The lowest BCUT2D eigenvalue weighted by atomic mass is 10.1. The molecule has 7 heteroatoms. The molecule has 56 valence electrons. The lowest BCUT2D eigenvalue weighted by Crippen LogP contribution is -2.30. The SMILES string of the molecule is CC1COB(OB(O)O)O1. The molecule has 0 bridgehead atoms. The van der Waals surface area contributed by atoms with Crippen LogP contribution in [-0.4, -0.2) is 37.4 Å². The molecule has 1 aliphatic heterocycles. The summed E-state index contributed by atoms with van der Waals surface area (Å²) >= 11 is 0. The molecule has 0 saturated carbocycles. The molecular formula is C3H8B2O5. The molecule has 10 heavy (non-hydrogen) atoms. The smallest absolute Gasteiger partial charge is 0.402 e. The van der Waals surface area contributed by atoms with Gasteiger partial charge in [-0.3, -0.25) is 0 Å². The maximum absolute atomic E-state index is 8.27. The van der Waals surface area contributed by atoms with Crippen LogP contribution in [0.4, 0.5) is 0 Å². The molecule has 0 amide bonds. The molecule has 1 rings (SSSR count). The first-order chi connectivity index (χ1) is 4.68. The largest absolute Gasteiger partial charge is 0.627 e. The van der Waals surface area contributed by atoms with Gasteiger partial charge in [-0.2, -0.15) is 0 Å². The Morgan fingerprint density at radius 1 is 1.70 bits per heavy atom. The van der Waals surface area contributed by atoms with Crippen molar-refractivity contribution < 1.29 is 23.9 Å². The third kappa shape index (κ3) is 2.28. The van der Waals surface area contributed by atoms with Crippen molar-refractivity contribution in [3.8, 4) is 0 Å². The Morgan fingerprint density at radius 2 is 2.40 bits per heavy atom. The fourth-order valence-corrected chi connectivity index (χ4v) is 0.653. The highest BCUT2D eigenvalue weighted by atomic mass is 16.8.